The molecule has 0 aliphatic carbocycles. The molecule has 1 fully saturated rings. The molecule has 17 heavy (non-hydrogen) atoms. The van der Waals surface area contributed by atoms with E-state index >= 15 is 0 Å². The van der Waals surface area contributed by atoms with Gasteiger partial charge in [-0.15, -0.1) is 0 Å². The summed E-state index contributed by atoms with van der Waals surface area (Å²) in [6.07, 6.45) is 1.74. The number of rotatable bonds is 1. The minimum absolute atomic E-state index is 0.181. The molecule has 1 aromatic carbocycles. The third-order valence-electron chi connectivity index (χ3n) is 1.98. The van der Waals surface area contributed by atoms with E-state index in [-0.39, 0.29) is 11.7 Å². The molecule has 1 saturated heterocycles. The Balaban J connectivity index is 2.40. The van der Waals surface area contributed by atoms with Crippen LogP contribution in [0.1, 0.15) is 5.56 Å². The van der Waals surface area contributed by atoms with Gasteiger partial charge in [0.2, 0.25) is 0 Å². The zero-order valence-corrected chi connectivity index (χ0v) is 13.5. The molecule has 0 radical (unpaired) electrons. The van der Waals surface area contributed by atoms with Gasteiger partial charge in [-0.3, -0.25) is 4.79 Å². The minimum atomic E-state index is -0.181. The molecule has 1 aliphatic rings. The molecule has 3 nitrogen and oxygen atoms in total. The molecule has 88 valence electrons. The normalized spacial score (nSPS) is 17.6. The maximum absolute atomic E-state index is 11.5. The topological polar surface area (TPSA) is 49.3 Å². The van der Waals surface area contributed by atoms with Gasteiger partial charge >= 0.3 is 0 Å². The predicted molar refractivity (Wildman–Crippen MR) is 84.8 cm³/mol. The van der Waals surface area contributed by atoms with E-state index in [1.165, 1.54) is 11.8 Å². The Labute approximate surface area is 129 Å². The van der Waals surface area contributed by atoms with E-state index in [1.807, 2.05) is 22.6 Å². The summed E-state index contributed by atoms with van der Waals surface area (Å²) in [7, 11) is 0. The second-order valence-electron chi connectivity index (χ2n) is 3.19. The summed E-state index contributed by atoms with van der Waals surface area (Å²) in [5.41, 5.74) is 0.835. The van der Waals surface area contributed by atoms with Gasteiger partial charge < -0.3 is 10.4 Å². The first-order valence-corrected chi connectivity index (χ1v) is 7.50. The van der Waals surface area contributed by atoms with Crippen molar-refractivity contribution in [1.29, 1.82) is 0 Å². The fourth-order valence-corrected chi connectivity index (χ4v) is 3.78. The van der Waals surface area contributed by atoms with E-state index in [1.54, 1.807) is 18.2 Å². The lowest BCUT2D eigenvalue weighted by molar-refractivity contribution is -0.115. The first kappa shape index (κ1) is 13.3. The van der Waals surface area contributed by atoms with E-state index in [0.29, 0.717) is 13.7 Å². The monoisotopic (exact) mass is 441 g/mol. The molecular weight excluding hydrogens is 437 g/mol. The van der Waals surface area contributed by atoms with Crippen LogP contribution in [0, 0.1) is 3.57 Å². The van der Waals surface area contributed by atoms with Gasteiger partial charge in [-0.1, -0.05) is 24.0 Å². The highest BCUT2D eigenvalue weighted by Gasteiger charge is 2.22. The number of carbonyl (C=O) groups excluding carboxylic acids is 1. The fraction of sp³-hybridized carbons (Fsp3) is 0. The molecule has 0 atom stereocenters. The molecule has 0 saturated carbocycles. The van der Waals surface area contributed by atoms with Crippen LogP contribution in [0.5, 0.6) is 5.75 Å². The minimum Gasteiger partial charge on any atom is -0.506 e. The van der Waals surface area contributed by atoms with Gasteiger partial charge in [0.05, 0.1) is 12.9 Å². The van der Waals surface area contributed by atoms with Gasteiger partial charge in [0.25, 0.3) is 5.91 Å². The summed E-state index contributed by atoms with van der Waals surface area (Å²) >= 11 is 11.4. The van der Waals surface area contributed by atoms with Crippen LogP contribution in [0.25, 0.3) is 6.08 Å². The van der Waals surface area contributed by atoms with Crippen molar-refractivity contribution in [1.82, 2.24) is 5.32 Å². The van der Waals surface area contributed by atoms with Gasteiger partial charge in [-0.2, -0.15) is 0 Å². The fourth-order valence-electron chi connectivity index (χ4n) is 1.24. The van der Waals surface area contributed by atoms with E-state index in [4.69, 9.17) is 12.2 Å². The first-order valence-electron chi connectivity index (χ1n) is 4.40. The summed E-state index contributed by atoms with van der Waals surface area (Å²) in [4.78, 5) is 12.0. The maximum atomic E-state index is 11.5. The standard InChI is InChI=1S/C10H5BrINO2S2/c11-5-1-4(2-6(12)8(5)14)3-7-9(15)13-10(16)17-7/h1-3,14H,(H,13,15,16)/b7-3+. The van der Waals surface area contributed by atoms with Crippen molar-refractivity contribution in [2.45, 2.75) is 0 Å². The van der Waals surface area contributed by atoms with Crippen LogP contribution in [0.3, 0.4) is 0 Å². The first-order chi connectivity index (χ1) is 7.97. The summed E-state index contributed by atoms with van der Waals surface area (Å²) in [5.74, 6) is 0.0194. The molecular formula is C10H5BrINO2S2. The molecule has 0 unspecified atom stereocenters. The highest BCUT2D eigenvalue weighted by molar-refractivity contribution is 14.1. The lowest BCUT2D eigenvalue weighted by atomic mass is 10.2. The van der Waals surface area contributed by atoms with Crippen molar-refractivity contribution in [2.75, 3.05) is 0 Å². The third kappa shape index (κ3) is 3.01. The number of phenolic OH excluding ortho intramolecular Hbond substituents is 1. The SMILES string of the molecule is O=C1NC(=S)S/C1=C/c1cc(Br)c(O)c(I)c1. The Morgan fingerprint density at radius 1 is 1.53 bits per heavy atom. The zero-order valence-electron chi connectivity index (χ0n) is 8.16. The number of nitrogens with one attached hydrogen (secondary N) is 1. The summed E-state index contributed by atoms with van der Waals surface area (Å²) in [6.45, 7) is 0. The Bertz CT molecular complexity index is 536. The molecule has 1 aromatic rings. The third-order valence-corrected chi connectivity index (χ3v) is 4.57. The lowest BCUT2D eigenvalue weighted by Gasteiger charge is -2.02. The number of phenols is 1. The molecule has 0 bridgehead atoms. The van der Waals surface area contributed by atoms with Crippen LogP contribution in [-0.2, 0) is 4.79 Å². The van der Waals surface area contributed by atoms with Crippen LogP contribution in [0.2, 0.25) is 0 Å². The Morgan fingerprint density at radius 3 is 2.76 bits per heavy atom. The van der Waals surface area contributed by atoms with Crippen LogP contribution in [0.15, 0.2) is 21.5 Å². The average Bonchev–Trinajstić information content (AvgIpc) is 2.54. The Hall–Kier alpha value is -0.120. The number of carbonyl (C=O) groups is 1. The highest BCUT2D eigenvalue weighted by Crippen LogP contribution is 2.33. The van der Waals surface area contributed by atoms with E-state index in [2.05, 4.69) is 21.2 Å². The quantitative estimate of drug-likeness (QED) is 0.399. The smallest absolute Gasteiger partial charge is 0.263 e. The van der Waals surface area contributed by atoms with Crippen LogP contribution >= 0.6 is 62.5 Å². The number of halogens is 2. The molecule has 1 aliphatic heterocycles. The highest BCUT2D eigenvalue weighted by atomic mass is 127. The predicted octanol–water partition coefficient (Wildman–Crippen LogP) is 3.25. The van der Waals surface area contributed by atoms with Crippen LogP contribution in [0.4, 0.5) is 0 Å². The summed E-state index contributed by atoms with van der Waals surface area (Å²) in [6, 6.07) is 3.54. The van der Waals surface area contributed by atoms with E-state index in [0.717, 1.165) is 9.13 Å². The number of hydrogen-bond donors (Lipinski definition) is 2. The second kappa shape index (κ2) is 5.25. The van der Waals surface area contributed by atoms with Crippen molar-refractivity contribution in [2.24, 2.45) is 0 Å². The van der Waals surface area contributed by atoms with Crippen molar-refractivity contribution in [3.05, 3.63) is 30.6 Å². The summed E-state index contributed by atoms with van der Waals surface area (Å²) in [5, 5.41) is 12.2. The van der Waals surface area contributed by atoms with Gasteiger partial charge in [0.1, 0.15) is 10.1 Å². The summed E-state index contributed by atoms with van der Waals surface area (Å²) < 4.78 is 1.78. The van der Waals surface area contributed by atoms with Crippen LogP contribution in [-0.4, -0.2) is 15.3 Å². The number of amides is 1. The molecule has 1 amide bonds. The number of thiocarbonyl (C=S) groups is 1. The van der Waals surface area contributed by atoms with Crippen molar-refractivity contribution < 1.29 is 9.90 Å². The van der Waals surface area contributed by atoms with E-state index in [9.17, 15) is 9.90 Å². The van der Waals surface area contributed by atoms with Crippen molar-refractivity contribution >= 4 is 78.8 Å². The van der Waals surface area contributed by atoms with Gasteiger partial charge in [0, 0.05) is 0 Å². The molecule has 1 heterocycles. The van der Waals surface area contributed by atoms with Crippen molar-refractivity contribution in [3.63, 3.8) is 0 Å². The Morgan fingerprint density at radius 2 is 2.24 bits per heavy atom. The average molecular weight is 442 g/mol. The van der Waals surface area contributed by atoms with Gasteiger partial charge in [-0.05, 0) is 62.3 Å². The number of aromatic hydroxyl groups is 1. The Kier molecular flexibility index (Phi) is 4.11. The molecule has 2 N–H and O–H groups in total. The molecule has 2 rings (SSSR count). The van der Waals surface area contributed by atoms with Gasteiger partial charge in [-0.25, -0.2) is 0 Å². The zero-order chi connectivity index (χ0) is 12.6. The van der Waals surface area contributed by atoms with Crippen LogP contribution < -0.4 is 5.32 Å². The molecule has 0 aromatic heterocycles. The maximum Gasteiger partial charge on any atom is 0.263 e. The largest absolute Gasteiger partial charge is 0.506 e. The lowest BCUT2D eigenvalue weighted by Crippen LogP contribution is -2.17. The van der Waals surface area contributed by atoms with Gasteiger partial charge in [0.15, 0.2) is 0 Å². The van der Waals surface area contributed by atoms with Crippen molar-refractivity contribution in [3.8, 4) is 5.75 Å². The number of hydrogen-bond acceptors (Lipinski definition) is 4. The number of thioether (sulfide) groups is 1. The van der Waals surface area contributed by atoms with E-state index < -0.39 is 0 Å². The molecule has 0 spiro atoms. The number of benzene rings is 1. The molecule has 7 heteroatoms. The second-order valence-corrected chi connectivity index (χ2v) is 6.92.